The van der Waals surface area contributed by atoms with Crippen LogP contribution in [0.25, 0.3) is 5.65 Å². The van der Waals surface area contributed by atoms with E-state index in [9.17, 15) is 13.6 Å². The molecule has 1 amide bonds. The van der Waals surface area contributed by atoms with Gasteiger partial charge in [-0.05, 0) is 31.2 Å². The normalized spacial score (nSPS) is 11.9. The zero-order valence-corrected chi connectivity index (χ0v) is 16.2. The van der Waals surface area contributed by atoms with Gasteiger partial charge in [0.1, 0.15) is 11.6 Å². The minimum absolute atomic E-state index is 0.0398. The van der Waals surface area contributed by atoms with Gasteiger partial charge < -0.3 is 4.74 Å². The molecule has 10 heteroatoms. The first-order valence-corrected chi connectivity index (χ1v) is 9.05. The third kappa shape index (κ3) is 4.71. The summed E-state index contributed by atoms with van der Waals surface area (Å²) in [4.78, 5) is 11.6. The largest absolute Gasteiger partial charge is 0.449 e. The van der Waals surface area contributed by atoms with Crippen LogP contribution in [0.1, 0.15) is 43.8 Å². The summed E-state index contributed by atoms with van der Waals surface area (Å²) in [6.07, 6.45) is -0.711. The molecule has 0 radical (unpaired) electrons. The molecule has 0 bridgehead atoms. The van der Waals surface area contributed by atoms with Crippen LogP contribution in [-0.4, -0.2) is 38.2 Å². The van der Waals surface area contributed by atoms with Gasteiger partial charge in [0.25, 0.3) is 0 Å². The number of nitrogens with zero attached hydrogens (tertiary/aromatic N) is 5. The lowest BCUT2D eigenvalue weighted by Gasteiger charge is -2.10. The number of benzene rings is 1. The average Bonchev–Trinajstić information content (AvgIpc) is 3.09. The molecule has 0 fully saturated rings. The third-order valence-corrected chi connectivity index (χ3v) is 4.01. The van der Waals surface area contributed by atoms with Crippen molar-refractivity contribution in [3.8, 4) is 0 Å². The van der Waals surface area contributed by atoms with Crippen LogP contribution in [0.3, 0.4) is 0 Å². The number of halogens is 2. The molecule has 152 valence electrons. The highest BCUT2D eigenvalue weighted by atomic mass is 19.1. The Hall–Kier alpha value is -3.43. The molecule has 0 atom stereocenters. The first-order chi connectivity index (χ1) is 13.9. The average molecular weight is 402 g/mol. The van der Waals surface area contributed by atoms with E-state index in [0.29, 0.717) is 17.2 Å². The van der Waals surface area contributed by atoms with Gasteiger partial charge in [-0.1, -0.05) is 13.8 Å². The van der Waals surface area contributed by atoms with Crippen molar-refractivity contribution < 1.29 is 18.3 Å². The maximum absolute atomic E-state index is 14.3. The quantitative estimate of drug-likeness (QED) is 0.505. The molecular weight excluding hydrogens is 382 g/mol. The van der Waals surface area contributed by atoms with E-state index >= 15 is 0 Å². The van der Waals surface area contributed by atoms with Gasteiger partial charge in [-0.3, -0.25) is 0 Å². The van der Waals surface area contributed by atoms with Crippen LogP contribution in [0.15, 0.2) is 35.4 Å². The number of nitrogens with one attached hydrogen (secondary N) is 1. The van der Waals surface area contributed by atoms with Crippen molar-refractivity contribution in [1.29, 1.82) is 0 Å². The fraction of sp³-hybridized carbons (Fsp3) is 0.316. The van der Waals surface area contributed by atoms with Crippen LogP contribution in [0, 0.1) is 11.6 Å². The van der Waals surface area contributed by atoms with E-state index in [4.69, 9.17) is 4.74 Å². The summed E-state index contributed by atoms with van der Waals surface area (Å²) < 4.78 is 34.0. The number of fused-ring (bicyclic) bond motifs is 1. The predicted octanol–water partition coefficient (Wildman–Crippen LogP) is 3.22. The van der Waals surface area contributed by atoms with E-state index in [-0.39, 0.29) is 30.2 Å². The summed E-state index contributed by atoms with van der Waals surface area (Å²) in [6.45, 7) is 5.74. The number of aromatic nitrogens is 4. The van der Waals surface area contributed by atoms with Crippen LogP contribution < -0.4 is 5.43 Å². The lowest BCUT2D eigenvalue weighted by molar-refractivity contribution is 0.152. The number of rotatable bonds is 6. The molecule has 2 aromatic heterocycles. The molecule has 0 aliphatic rings. The van der Waals surface area contributed by atoms with Crippen molar-refractivity contribution in [3.63, 3.8) is 0 Å². The minimum Gasteiger partial charge on any atom is -0.449 e. The molecule has 8 nitrogen and oxygen atoms in total. The molecule has 0 spiro atoms. The maximum atomic E-state index is 14.3. The Balaban J connectivity index is 1.98. The van der Waals surface area contributed by atoms with E-state index in [1.807, 2.05) is 13.8 Å². The van der Waals surface area contributed by atoms with Gasteiger partial charge in [0.15, 0.2) is 11.5 Å². The highest BCUT2D eigenvalue weighted by molar-refractivity contribution is 6.02. The number of hydrogen-bond donors (Lipinski definition) is 1. The van der Waals surface area contributed by atoms with Crippen molar-refractivity contribution >= 4 is 17.5 Å². The van der Waals surface area contributed by atoms with Crippen molar-refractivity contribution in [2.45, 2.75) is 33.1 Å². The minimum atomic E-state index is -0.803. The van der Waals surface area contributed by atoms with Crippen molar-refractivity contribution in [1.82, 2.24) is 25.2 Å². The molecule has 1 N–H and O–H groups in total. The van der Waals surface area contributed by atoms with Crippen LogP contribution in [0.5, 0.6) is 0 Å². The fourth-order valence-electron chi connectivity index (χ4n) is 2.66. The molecular formula is C19H20F2N6O2. The highest BCUT2D eigenvalue weighted by Crippen LogP contribution is 2.16. The van der Waals surface area contributed by atoms with Crippen LogP contribution >= 0.6 is 0 Å². The van der Waals surface area contributed by atoms with E-state index in [0.717, 1.165) is 12.1 Å². The SMILES string of the molecule is CCOC(=O)N/N=C(\Cc1ccc2nnc(C(C)C)n2n1)c1ccc(F)cc1F. The first kappa shape index (κ1) is 20.3. The van der Waals surface area contributed by atoms with Gasteiger partial charge >= 0.3 is 6.09 Å². The topological polar surface area (TPSA) is 93.8 Å². The molecule has 1 aromatic carbocycles. The molecule has 0 aliphatic heterocycles. The van der Waals surface area contributed by atoms with Gasteiger partial charge in [0.05, 0.1) is 18.0 Å². The second-order valence-corrected chi connectivity index (χ2v) is 6.50. The van der Waals surface area contributed by atoms with Gasteiger partial charge in [-0.2, -0.15) is 14.7 Å². The summed E-state index contributed by atoms with van der Waals surface area (Å²) in [5.41, 5.74) is 3.52. The van der Waals surface area contributed by atoms with Crippen molar-refractivity contribution in [2.24, 2.45) is 5.10 Å². The summed E-state index contributed by atoms with van der Waals surface area (Å²) in [5, 5.41) is 16.7. The number of hydrogen-bond acceptors (Lipinski definition) is 6. The number of hydrazone groups is 1. The molecule has 3 rings (SSSR count). The Bertz CT molecular complexity index is 1060. The summed E-state index contributed by atoms with van der Waals surface area (Å²) in [6, 6.07) is 6.56. The Kier molecular flexibility index (Phi) is 6.10. The van der Waals surface area contributed by atoms with E-state index in [1.54, 1.807) is 23.6 Å². The van der Waals surface area contributed by atoms with Crippen LogP contribution in [0.2, 0.25) is 0 Å². The Labute approximate surface area is 165 Å². The lowest BCUT2D eigenvalue weighted by atomic mass is 10.0. The monoisotopic (exact) mass is 402 g/mol. The highest BCUT2D eigenvalue weighted by Gasteiger charge is 2.16. The molecule has 0 saturated heterocycles. The van der Waals surface area contributed by atoms with Crippen molar-refractivity contribution in [2.75, 3.05) is 6.61 Å². The fourth-order valence-corrected chi connectivity index (χ4v) is 2.66. The van der Waals surface area contributed by atoms with E-state index < -0.39 is 17.7 Å². The molecule has 29 heavy (non-hydrogen) atoms. The van der Waals surface area contributed by atoms with Gasteiger partial charge in [0, 0.05) is 24.0 Å². The summed E-state index contributed by atoms with van der Waals surface area (Å²) >= 11 is 0. The molecule has 2 heterocycles. The summed E-state index contributed by atoms with van der Waals surface area (Å²) in [5.74, 6) is -0.740. The number of amides is 1. The lowest BCUT2D eigenvalue weighted by Crippen LogP contribution is -2.22. The Morgan fingerprint density at radius 1 is 1.24 bits per heavy atom. The summed E-state index contributed by atoms with van der Waals surface area (Å²) in [7, 11) is 0. The molecule has 0 aliphatic carbocycles. The number of carbonyl (C=O) groups excluding carboxylic acids is 1. The zero-order valence-electron chi connectivity index (χ0n) is 16.2. The van der Waals surface area contributed by atoms with Crippen LogP contribution in [0.4, 0.5) is 13.6 Å². The standard InChI is InChI=1S/C19H20F2N6O2/c1-4-29-19(28)25-22-16(14-7-5-12(20)9-15(14)21)10-13-6-8-17-23-24-18(11(2)3)27(17)26-13/h5-9,11H,4,10H2,1-3H3,(H,25,28)/b22-16+. The molecule has 0 unspecified atom stereocenters. The van der Waals surface area contributed by atoms with E-state index in [1.165, 1.54) is 6.07 Å². The van der Waals surface area contributed by atoms with Gasteiger partial charge in [-0.25, -0.2) is 19.0 Å². The second-order valence-electron chi connectivity index (χ2n) is 6.50. The van der Waals surface area contributed by atoms with Gasteiger partial charge in [-0.15, -0.1) is 10.2 Å². The first-order valence-electron chi connectivity index (χ1n) is 9.05. The Morgan fingerprint density at radius 2 is 2.03 bits per heavy atom. The Morgan fingerprint density at radius 3 is 2.72 bits per heavy atom. The maximum Gasteiger partial charge on any atom is 0.427 e. The smallest absolute Gasteiger partial charge is 0.427 e. The second kappa shape index (κ2) is 8.72. The third-order valence-electron chi connectivity index (χ3n) is 4.01. The van der Waals surface area contributed by atoms with E-state index in [2.05, 4.69) is 25.8 Å². The number of carbonyl (C=O) groups is 1. The predicted molar refractivity (Wildman–Crippen MR) is 102 cm³/mol. The zero-order chi connectivity index (χ0) is 21.0. The van der Waals surface area contributed by atoms with Crippen LogP contribution in [-0.2, 0) is 11.2 Å². The number of ether oxygens (including phenoxy) is 1. The van der Waals surface area contributed by atoms with Gasteiger partial charge in [0.2, 0.25) is 0 Å². The molecule has 0 saturated carbocycles. The van der Waals surface area contributed by atoms with Crippen molar-refractivity contribution in [3.05, 3.63) is 59.0 Å². The molecule has 3 aromatic rings.